The van der Waals surface area contributed by atoms with E-state index >= 15 is 0 Å². The lowest BCUT2D eigenvalue weighted by molar-refractivity contribution is 1.05. The molecule has 0 unspecified atom stereocenters. The van der Waals surface area contributed by atoms with Gasteiger partial charge in [0.25, 0.3) is 0 Å². The number of hydrogen-bond acceptors (Lipinski definition) is 2. The third kappa shape index (κ3) is 1.62. The lowest BCUT2D eigenvalue weighted by atomic mass is 10.1. The van der Waals surface area contributed by atoms with Crippen molar-refractivity contribution in [3.8, 4) is 6.07 Å². The predicted molar refractivity (Wildman–Crippen MR) is 58.7 cm³/mol. The fourth-order valence-electron chi connectivity index (χ4n) is 1.57. The van der Waals surface area contributed by atoms with Gasteiger partial charge in [-0.25, -0.2) is 0 Å². The molecule has 3 nitrogen and oxygen atoms in total. The van der Waals surface area contributed by atoms with Gasteiger partial charge in [-0.05, 0) is 24.6 Å². The Morgan fingerprint density at radius 1 is 1.40 bits per heavy atom. The highest BCUT2D eigenvalue weighted by molar-refractivity contribution is 5.79. The minimum absolute atomic E-state index is 0.00471. The van der Waals surface area contributed by atoms with Crippen LogP contribution in [-0.4, -0.2) is 4.98 Å². The second-order valence-corrected chi connectivity index (χ2v) is 3.38. The monoisotopic (exact) mass is 198 g/mol. The summed E-state index contributed by atoms with van der Waals surface area (Å²) in [6, 6.07) is 8.71. The average molecular weight is 198 g/mol. The molecule has 1 heterocycles. The third-order valence-corrected chi connectivity index (χ3v) is 2.40. The molecule has 15 heavy (non-hydrogen) atoms. The summed E-state index contributed by atoms with van der Waals surface area (Å²) in [6.45, 7) is 1.98. The summed E-state index contributed by atoms with van der Waals surface area (Å²) >= 11 is 0. The van der Waals surface area contributed by atoms with E-state index < -0.39 is 0 Å². The molecule has 0 amide bonds. The molecule has 0 spiro atoms. The summed E-state index contributed by atoms with van der Waals surface area (Å²) < 4.78 is 0. The molecular weight excluding hydrogens is 188 g/mol. The van der Waals surface area contributed by atoms with Crippen molar-refractivity contribution in [1.82, 2.24) is 4.98 Å². The molecule has 0 saturated carbocycles. The topological polar surface area (TPSA) is 56.6 Å². The predicted octanol–water partition coefficient (Wildman–Crippen LogP) is 1.96. The van der Waals surface area contributed by atoms with E-state index in [1.807, 2.05) is 6.92 Å². The van der Waals surface area contributed by atoms with Gasteiger partial charge in [0.15, 0.2) is 5.43 Å². The maximum atomic E-state index is 11.7. The van der Waals surface area contributed by atoms with Crippen LogP contribution in [0, 0.1) is 11.3 Å². The van der Waals surface area contributed by atoms with Crippen LogP contribution in [0.25, 0.3) is 10.9 Å². The summed E-state index contributed by atoms with van der Waals surface area (Å²) in [6.07, 6.45) is 0.780. The smallest absolute Gasteiger partial charge is 0.189 e. The summed E-state index contributed by atoms with van der Waals surface area (Å²) in [5, 5.41) is 9.38. The van der Waals surface area contributed by atoms with Gasteiger partial charge in [0.2, 0.25) is 0 Å². The minimum atomic E-state index is 0.00471. The minimum Gasteiger partial charge on any atom is -0.358 e. The molecule has 0 atom stereocenters. The van der Waals surface area contributed by atoms with Gasteiger partial charge < -0.3 is 4.98 Å². The number of aromatic nitrogens is 1. The molecule has 0 fully saturated rings. The van der Waals surface area contributed by atoms with E-state index in [9.17, 15) is 4.79 Å². The summed E-state index contributed by atoms with van der Waals surface area (Å²) in [4.78, 5) is 14.8. The van der Waals surface area contributed by atoms with Gasteiger partial charge in [0.1, 0.15) is 0 Å². The van der Waals surface area contributed by atoms with Gasteiger partial charge in [0.05, 0.1) is 17.1 Å². The number of hydrogen-bond donors (Lipinski definition) is 1. The Labute approximate surface area is 87.0 Å². The van der Waals surface area contributed by atoms with Crippen molar-refractivity contribution in [3.63, 3.8) is 0 Å². The van der Waals surface area contributed by atoms with E-state index in [1.54, 1.807) is 24.3 Å². The number of rotatable bonds is 1. The second kappa shape index (κ2) is 3.58. The first-order valence-electron chi connectivity index (χ1n) is 4.80. The van der Waals surface area contributed by atoms with Crippen molar-refractivity contribution in [2.75, 3.05) is 0 Å². The zero-order valence-corrected chi connectivity index (χ0v) is 8.37. The molecule has 0 aliphatic rings. The van der Waals surface area contributed by atoms with Crippen LogP contribution in [0.1, 0.15) is 18.2 Å². The first kappa shape index (κ1) is 9.47. The van der Waals surface area contributed by atoms with Crippen molar-refractivity contribution >= 4 is 10.9 Å². The van der Waals surface area contributed by atoms with Crippen molar-refractivity contribution in [2.24, 2.45) is 0 Å². The quantitative estimate of drug-likeness (QED) is 0.761. The van der Waals surface area contributed by atoms with E-state index in [4.69, 9.17) is 5.26 Å². The van der Waals surface area contributed by atoms with Crippen molar-refractivity contribution in [3.05, 3.63) is 45.7 Å². The van der Waals surface area contributed by atoms with Crippen molar-refractivity contribution in [2.45, 2.75) is 13.3 Å². The second-order valence-electron chi connectivity index (χ2n) is 3.38. The summed E-state index contributed by atoms with van der Waals surface area (Å²) in [5.41, 5.74) is 2.19. The van der Waals surface area contributed by atoms with E-state index in [-0.39, 0.29) is 5.43 Å². The van der Waals surface area contributed by atoms with E-state index in [0.29, 0.717) is 10.9 Å². The lowest BCUT2D eigenvalue weighted by Gasteiger charge is -2.01. The molecule has 2 rings (SSSR count). The fraction of sp³-hybridized carbons (Fsp3) is 0.167. The van der Waals surface area contributed by atoms with Crippen LogP contribution in [0.5, 0.6) is 0 Å². The highest BCUT2D eigenvalue weighted by Crippen LogP contribution is 2.10. The highest BCUT2D eigenvalue weighted by atomic mass is 16.1. The van der Waals surface area contributed by atoms with Gasteiger partial charge in [-0.15, -0.1) is 0 Å². The molecule has 3 heteroatoms. The molecule has 2 aromatic rings. The first-order valence-corrected chi connectivity index (χ1v) is 4.80. The molecule has 74 valence electrons. The molecule has 1 aromatic heterocycles. The number of nitriles is 1. The molecular formula is C12H10N2O. The van der Waals surface area contributed by atoms with Crippen LogP contribution in [0.3, 0.4) is 0 Å². The van der Waals surface area contributed by atoms with Crippen LogP contribution in [0.15, 0.2) is 29.1 Å². The van der Waals surface area contributed by atoms with Crippen LogP contribution in [0.2, 0.25) is 0 Å². The average Bonchev–Trinajstić information content (AvgIpc) is 2.28. The number of aromatic amines is 1. The standard InChI is InChI=1S/C12H10N2O/c1-2-9-6-12(15)10-4-3-8(7-13)5-11(10)14-9/h3-6H,2H2,1H3,(H,14,15). The van der Waals surface area contributed by atoms with Crippen LogP contribution in [-0.2, 0) is 6.42 Å². The Bertz CT molecular complexity index is 605. The number of pyridine rings is 1. The van der Waals surface area contributed by atoms with Gasteiger partial charge in [-0.2, -0.15) is 5.26 Å². The molecule has 1 aromatic carbocycles. The van der Waals surface area contributed by atoms with Crippen molar-refractivity contribution in [1.29, 1.82) is 5.26 Å². The molecule has 1 N–H and O–H groups in total. The number of nitrogens with zero attached hydrogens (tertiary/aromatic N) is 1. The number of benzene rings is 1. The van der Waals surface area contributed by atoms with Crippen LogP contribution in [0.4, 0.5) is 0 Å². The lowest BCUT2D eigenvalue weighted by Crippen LogP contribution is -2.04. The fourth-order valence-corrected chi connectivity index (χ4v) is 1.57. The number of fused-ring (bicyclic) bond motifs is 1. The summed E-state index contributed by atoms with van der Waals surface area (Å²) in [7, 11) is 0. The van der Waals surface area contributed by atoms with Gasteiger partial charge in [-0.1, -0.05) is 6.92 Å². The largest absolute Gasteiger partial charge is 0.358 e. The van der Waals surface area contributed by atoms with Gasteiger partial charge in [0, 0.05) is 17.1 Å². The normalized spacial score (nSPS) is 10.1. The van der Waals surface area contributed by atoms with E-state index in [2.05, 4.69) is 11.1 Å². The number of H-pyrrole nitrogens is 1. The molecule has 0 radical (unpaired) electrons. The zero-order valence-electron chi connectivity index (χ0n) is 8.37. The maximum Gasteiger partial charge on any atom is 0.189 e. The Morgan fingerprint density at radius 2 is 2.20 bits per heavy atom. The molecule has 0 aliphatic heterocycles. The zero-order chi connectivity index (χ0) is 10.8. The van der Waals surface area contributed by atoms with Crippen LogP contribution >= 0.6 is 0 Å². The Morgan fingerprint density at radius 3 is 2.87 bits per heavy atom. The first-order chi connectivity index (χ1) is 7.24. The van der Waals surface area contributed by atoms with Gasteiger partial charge in [-0.3, -0.25) is 4.79 Å². The molecule has 0 aliphatic carbocycles. The van der Waals surface area contributed by atoms with Crippen molar-refractivity contribution < 1.29 is 0 Å². The Kier molecular flexibility index (Phi) is 2.26. The Balaban J connectivity index is 2.82. The number of nitrogens with one attached hydrogen (secondary N) is 1. The Hall–Kier alpha value is -2.08. The summed E-state index contributed by atoms with van der Waals surface area (Å²) in [5.74, 6) is 0. The SMILES string of the molecule is CCc1cc(=O)c2ccc(C#N)cc2[nH]1. The third-order valence-electron chi connectivity index (χ3n) is 2.40. The van der Waals surface area contributed by atoms with E-state index in [0.717, 1.165) is 17.6 Å². The molecule has 0 bridgehead atoms. The van der Waals surface area contributed by atoms with E-state index in [1.165, 1.54) is 0 Å². The van der Waals surface area contributed by atoms with Crippen LogP contribution < -0.4 is 5.43 Å². The molecule has 0 saturated heterocycles. The number of aryl methyl sites for hydroxylation is 1. The maximum absolute atomic E-state index is 11.7. The highest BCUT2D eigenvalue weighted by Gasteiger charge is 2.01. The van der Waals surface area contributed by atoms with Gasteiger partial charge >= 0.3 is 0 Å².